The largest absolute Gasteiger partial charge is 0.459 e. The predicted molar refractivity (Wildman–Crippen MR) is 135 cm³/mol. The Morgan fingerprint density at radius 2 is 1.19 bits per heavy atom. The van der Waals surface area contributed by atoms with Gasteiger partial charge in [-0.1, -0.05) is 91.0 Å². The molecular weight excluding hydrogens is 458 g/mol. The highest BCUT2D eigenvalue weighted by Gasteiger charge is 2.38. The molecule has 4 aromatic rings. The molecule has 0 unspecified atom stereocenters. The molecule has 36 heavy (non-hydrogen) atoms. The smallest absolute Gasteiger partial charge is 0.338 e. The third-order valence-electron chi connectivity index (χ3n) is 5.75. The third kappa shape index (κ3) is 5.49. The van der Waals surface area contributed by atoms with Crippen LogP contribution in [0.4, 0.5) is 5.69 Å². The van der Waals surface area contributed by atoms with Gasteiger partial charge in [0.15, 0.2) is 0 Å². The van der Waals surface area contributed by atoms with Crippen LogP contribution in [0.3, 0.4) is 0 Å². The molecule has 0 spiro atoms. The van der Waals surface area contributed by atoms with Crippen molar-refractivity contribution in [1.29, 1.82) is 0 Å². The number of non-ortho nitro benzene ring substituents is 1. The van der Waals surface area contributed by atoms with Gasteiger partial charge < -0.3 is 14.6 Å². The lowest BCUT2D eigenvalue weighted by Crippen LogP contribution is -2.37. The first kappa shape index (κ1) is 24.8. The first-order valence-corrected chi connectivity index (χ1v) is 11.4. The Labute approximate surface area is 208 Å². The van der Waals surface area contributed by atoms with Gasteiger partial charge in [0, 0.05) is 12.1 Å². The van der Waals surface area contributed by atoms with Crippen molar-refractivity contribution >= 4 is 11.7 Å². The number of rotatable bonds is 10. The summed E-state index contributed by atoms with van der Waals surface area (Å²) in [6.07, 6.45) is -1.11. The molecule has 0 fully saturated rings. The Hall–Kier alpha value is -4.33. The summed E-state index contributed by atoms with van der Waals surface area (Å²) in [5, 5.41) is 21.5. The SMILES string of the molecule is O=C(OC[C@H](O)COC(c1ccccc1)(c1ccccc1)c1ccccc1)c1ccc([N+](=O)[O-])cc1. The minimum atomic E-state index is -1.11. The van der Waals surface area contributed by atoms with Crippen molar-refractivity contribution in [3.8, 4) is 0 Å². The Morgan fingerprint density at radius 1 is 0.750 bits per heavy atom. The minimum Gasteiger partial charge on any atom is -0.459 e. The van der Waals surface area contributed by atoms with E-state index in [1.807, 2.05) is 91.0 Å². The van der Waals surface area contributed by atoms with Gasteiger partial charge in [0.1, 0.15) is 18.3 Å². The van der Waals surface area contributed by atoms with E-state index in [1.54, 1.807) is 0 Å². The monoisotopic (exact) mass is 483 g/mol. The molecule has 182 valence electrons. The molecule has 1 N–H and O–H groups in total. The minimum absolute atomic E-state index is 0.119. The van der Waals surface area contributed by atoms with E-state index in [4.69, 9.17) is 9.47 Å². The normalized spacial score (nSPS) is 12.0. The molecule has 0 aliphatic heterocycles. The van der Waals surface area contributed by atoms with Crippen molar-refractivity contribution in [3.05, 3.63) is 148 Å². The van der Waals surface area contributed by atoms with Crippen LogP contribution in [0, 0.1) is 10.1 Å². The molecule has 0 heterocycles. The van der Waals surface area contributed by atoms with Crippen LogP contribution in [-0.2, 0) is 15.1 Å². The molecule has 0 bridgehead atoms. The molecule has 0 aliphatic rings. The van der Waals surface area contributed by atoms with Crippen LogP contribution in [-0.4, -0.2) is 35.3 Å². The lowest BCUT2D eigenvalue weighted by atomic mass is 9.80. The molecule has 4 rings (SSSR count). The quantitative estimate of drug-likeness (QED) is 0.145. The summed E-state index contributed by atoms with van der Waals surface area (Å²) >= 11 is 0. The number of hydrogen-bond donors (Lipinski definition) is 1. The van der Waals surface area contributed by atoms with Gasteiger partial charge in [0.05, 0.1) is 17.1 Å². The van der Waals surface area contributed by atoms with Crippen LogP contribution < -0.4 is 0 Å². The van der Waals surface area contributed by atoms with Crippen molar-refractivity contribution in [3.63, 3.8) is 0 Å². The predicted octanol–water partition coefficient (Wildman–Crippen LogP) is 5.12. The van der Waals surface area contributed by atoms with E-state index in [0.29, 0.717) is 0 Å². The van der Waals surface area contributed by atoms with Crippen LogP contribution >= 0.6 is 0 Å². The standard InChI is InChI=1S/C29H25NO6/c31-27(20-35-28(32)22-16-18-26(19-17-22)30(33)34)21-36-29(23-10-4-1-5-11-23,24-12-6-2-7-13-24)25-14-8-3-9-15-25/h1-19,27,31H,20-21H2/t27-/m0/s1. The van der Waals surface area contributed by atoms with Gasteiger partial charge in [-0.15, -0.1) is 0 Å². The average Bonchev–Trinajstić information content (AvgIpc) is 2.94. The first-order valence-electron chi connectivity index (χ1n) is 11.4. The summed E-state index contributed by atoms with van der Waals surface area (Å²) in [6.45, 7) is -0.420. The second kappa shape index (κ2) is 11.4. The summed E-state index contributed by atoms with van der Waals surface area (Å²) < 4.78 is 11.7. The zero-order valence-electron chi connectivity index (χ0n) is 19.4. The molecule has 0 aromatic heterocycles. The Bertz CT molecular complexity index is 1180. The van der Waals surface area contributed by atoms with Gasteiger partial charge in [-0.25, -0.2) is 4.79 Å². The summed E-state index contributed by atoms with van der Waals surface area (Å²) in [6, 6.07) is 34.3. The summed E-state index contributed by atoms with van der Waals surface area (Å²) in [4.78, 5) is 22.6. The first-order chi connectivity index (χ1) is 17.5. The number of carbonyl (C=O) groups excluding carboxylic acids is 1. The van der Waals surface area contributed by atoms with Gasteiger partial charge in [-0.3, -0.25) is 10.1 Å². The van der Waals surface area contributed by atoms with Crippen LogP contribution in [0.25, 0.3) is 0 Å². The van der Waals surface area contributed by atoms with Gasteiger partial charge in [-0.2, -0.15) is 0 Å². The average molecular weight is 484 g/mol. The van der Waals surface area contributed by atoms with E-state index in [2.05, 4.69) is 0 Å². The van der Waals surface area contributed by atoms with E-state index in [1.165, 1.54) is 24.3 Å². The summed E-state index contributed by atoms with van der Waals surface area (Å²) in [5.74, 6) is -0.690. The lowest BCUT2D eigenvalue weighted by molar-refractivity contribution is -0.384. The number of hydrogen-bond acceptors (Lipinski definition) is 6. The van der Waals surface area contributed by atoms with Crippen molar-refractivity contribution in [2.75, 3.05) is 13.2 Å². The highest BCUT2D eigenvalue weighted by atomic mass is 16.6. The molecule has 4 aromatic carbocycles. The summed E-state index contributed by atoms with van der Waals surface area (Å²) in [5.41, 5.74) is 1.68. The van der Waals surface area contributed by atoms with Crippen LogP contribution in [0.5, 0.6) is 0 Å². The highest BCUT2D eigenvalue weighted by Crippen LogP contribution is 2.40. The van der Waals surface area contributed by atoms with Crippen molar-refractivity contribution < 1.29 is 24.3 Å². The van der Waals surface area contributed by atoms with Gasteiger partial charge in [0.25, 0.3) is 5.69 Å². The second-order valence-corrected chi connectivity index (χ2v) is 8.15. The third-order valence-corrected chi connectivity index (χ3v) is 5.75. The Kier molecular flexibility index (Phi) is 7.85. The number of ether oxygens (including phenoxy) is 2. The van der Waals surface area contributed by atoms with E-state index in [9.17, 15) is 20.0 Å². The topological polar surface area (TPSA) is 98.9 Å². The number of nitro benzene ring substituents is 1. The fourth-order valence-corrected chi connectivity index (χ4v) is 4.01. The number of nitrogens with zero attached hydrogens (tertiary/aromatic N) is 1. The van der Waals surface area contributed by atoms with Crippen LogP contribution in [0.1, 0.15) is 27.0 Å². The number of esters is 1. The van der Waals surface area contributed by atoms with Gasteiger partial charge >= 0.3 is 5.97 Å². The fraction of sp³-hybridized carbons (Fsp3) is 0.138. The molecule has 7 nitrogen and oxygen atoms in total. The molecule has 1 atom stereocenters. The second-order valence-electron chi connectivity index (χ2n) is 8.15. The van der Waals surface area contributed by atoms with Crippen molar-refractivity contribution in [2.24, 2.45) is 0 Å². The Morgan fingerprint density at radius 3 is 1.61 bits per heavy atom. The maximum absolute atomic E-state index is 12.4. The molecule has 0 amide bonds. The fourth-order valence-electron chi connectivity index (χ4n) is 4.01. The Balaban J connectivity index is 1.54. The molecule has 0 aliphatic carbocycles. The molecule has 0 saturated heterocycles. The van der Waals surface area contributed by atoms with Crippen LogP contribution in [0.2, 0.25) is 0 Å². The van der Waals surface area contributed by atoms with Gasteiger partial charge in [-0.05, 0) is 28.8 Å². The zero-order chi connectivity index (χ0) is 25.4. The molecule has 0 radical (unpaired) electrons. The van der Waals surface area contributed by atoms with E-state index in [0.717, 1.165) is 16.7 Å². The summed E-state index contributed by atoms with van der Waals surface area (Å²) in [7, 11) is 0. The maximum Gasteiger partial charge on any atom is 0.338 e. The van der Waals surface area contributed by atoms with Crippen molar-refractivity contribution in [1.82, 2.24) is 0 Å². The maximum atomic E-state index is 12.4. The number of aliphatic hydroxyl groups excluding tert-OH is 1. The molecular formula is C29H25NO6. The number of nitro groups is 1. The zero-order valence-corrected chi connectivity index (χ0v) is 19.4. The number of carbonyl (C=O) groups is 1. The van der Waals surface area contributed by atoms with Gasteiger partial charge in [0.2, 0.25) is 0 Å². The number of benzene rings is 4. The number of aliphatic hydroxyl groups is 1. The van der Waals surface area contributed by atoms with E-state index < -0.39 is 22.6 Å². The van der Waals surface area contributed by atoms with E-state index in [-0.39, 0.29) is 24.5 Å². The van der Waals surface area contributed by atoms with E-state index >= 15 is 0 Å². The van der Waals surface area contributed by atoms with Crippen molar-refractivity contribution in [2.45, 2.75) is 11.7 Å². The molecule has 7 heteroatoms. The van der Waals surface area contributed by atoms with Crippen LogP contribution in [0.15, 0.2) is 115 Å². The highest BCUT2D eigenvalue weighted by molar-refractivity contribution is 5.89. The molecule has 0 saturated carbocycles. The lowest BCUT2D eigenvalue weighted by Gasteiger charge is -2.36.